The van der Waals surface area contributed by atoms with Crippen molar-refractivity contribution in [1.82, 2.24) is 4.16 Å². The van der Waals surface area contributed by atoms with Crippen LogP contribution in [0.15, 0.2) is 17.2 Å². The van der Waals surface area contributed by atoms with Crippen molar-refractivity contribution in [3.63, 3.8) is 0 Å². The van der Waals surface area contributed by atoms with Crippen LogP contribution in [0, 0.1) is 13.8 Å². The summed E-state index contributed by atoms with van der Waals surface area (Å²) in [4.78, 5) is 22.3. The van der Waals surface area contributed by atoms with E-state index in [1.54, 1.807) is 13.8 Å². The molecular weight excluding hydrogens is 292 g/mol. The van der Waals surface area contributed by atoms with Gasteiger partial charge in [-0.3, -0.25) is 4.79 Å². The highest BCUT2D eigenvalue weighted by molar-refractivity contribution is 7.68. The average molecular weight is 302 g/mol. The lowest BCUT2D eigenvalue weighted by molar-refractivity contribution is -0.434. The van der Waals surface area contributed by atoms with Crippen molar-refractivity contribution in [2.75, 3.05) is 0 Å². The number of rotatable bonds is 5. The molecule has 0 spiro atoms. The normalized spacial score (nSPS) is 10.2. The number of carboxylic acid groups (broad SMARTS) is 1. The largest absolute Gasteiger partial charge is 0.475 e. The second-order valence-corrected chi connectivity index (χ2v) is 4.36. The Labute approximate surface area is 114 Å². The van der Waals surface area contributed by atoms with Crippen LogP contribution in [-0.4, -0.2) is 22.1 Å². The highest BCUT2D eigenvalue weighted by atomic mass is 32.2. The van der Waals surface area contributed by atoms with Crippen molar-refractivity contribution in [2.45, 2.75) is 13.8 Å². The number of hydrogen-bond donors (Lipinski definition) is 2. The van der Waals surface area contributed by atoms with Crippen LogP contribution in [0.4, 0.5) is 5.69 Å². The first kappa shape index (κ1) is 16.0. The van der Waals surface area contributed by atoms with Crippen LogP contribution < -0.4 is 4.16 Å². The lowest BCUT2D eigenvalue weighted by atomic mass is 10.0. The number of nitrogens with zero attached hydrogens (tertiary/aromatic N) is 2. The fraction of sp³-hybridized carbons (Fsp3) is 0.200. The molecule has 0 unspecified atom stereocenters. The fourth-order valence-electron chi connectivity index (χ4n) is 1.30. The number of carbonyl (C=O) groups is 2. The molecule has 0 atom stereocenters. The molecule has 20 heavy (non-hydrogen) atoms. The Morgan fingerprint density at radius 2 is 1.90 bits per heavy atom. The van der Waals surface area contributed by atoms with Crippen molar-refractivity contribution in [2.24, 2.45) is 5.11 Å². The summed E-state index contributed by atoms with van der Waals surface area (Å²) in [6.45, 7) is 3.41. The maximum atomic E-state index is 11.5. The van der Waals surface area contributed by atoms with E-state index in [0.29, 0.717) is 5.56 Å². The molecule has 1 aromatic rings. The van der Waals surface area contributed by atoms with Crippen molar-refractivity contribution in [3.8, 4) is 0 Å². The topological polar surface area (TPSA) is 137 Å². The predicted octanol–water partition coefficient (Wildman–Crippen LogP) is 1.21. The molecule has 0 aromatic heterocycles. The summed E-state index contributed by atoms with van der Waals surface area (Å²) < 4.78 is 17.8. The van der Waals surface area contributed by atoms with Crippen LogP contribution in [0.25, 0.3) is 0 Å². The van der Waals surface area contributed by atoms with E-state index in [0.717, 1.165) is 5.56 Å². The lowest BCUT2D eigenvalue weighted by Crippen LogP contribution is -2.13. The third-order valence-corrected chi connectivity index (χ3v) is 2.75. The number of Topliss-reactive ketones (excluding diaryl/α,β-unsaturated/α-hetero) is 1. The molecule has 10 heteroatoms. The molecule has 0 aliphatic heterocycles. The summed E-state index contributed by atoms with van der Waals surface area (Å²) in [6, 6.07) is 2.75. The number of hydrogen-bond acceptors (Lipinski definition) is 8. The number of aryl methyl sites for hydroxylation is 2. The van der Waals surface area contributed by atoms with Crippen molar-refractivity contribution in [1.29, 1.82) is 0 Å². The maximum Gasteiger partial charge on any atom is 0.377 e. The second kappa shape index (κ2) is 6.89. The van der Waals surface area contributed by atoms with Crippen LogP contribution in [0.3, 0.4) is 0 Å². The van der Waals surface area contributed by atoms with Crippen LogP contribution in [0.2, 0.25) is 0 Å². The highest BCUT2D eigenvalue weighted by Crippen LogP contribution is 2.23. The number of aliphatic carboxylic acids is 1. The summed E-state index contributed by atoms with van der Waals surface area (Å²) in [5, 5.41) is 23.2. The van der Waals surface area contributed by atoms with E-state index < -0.39 is 22.6 Å². The zero-order valence-electron chi connectivity index (χ0n) is 10.4. The van der Waals surface area contributed by atoms with Gasteiger partial charge in [-0.2, -0.15) is 0 Å². The van der Waals surface area contributed by atoms with Crippen LogP contribution in [0.5, 0.6) is 0 Å². The number of benzene rings is 1. The Hall–Kier alpha value is -2.10. The minimum absolute atomic E-state index is 0.0876. The Bertz CT molecular complexity index is 672. The molecule has 108 valence electrons. The molecule has 0 amide bonds. The van der Waals surface area contributed by atoms with Crippen LogP contribution >= 0.6 is 0 Å². The molecule has 0 aliphatic rings. The van der Waals surface area contributed by atoms with E-state index in [2.05, 4.69) is 18.6 Å². The molecule has 0 radical (unpaired) electrons. The molecule has 1 aromatic carbocycles. The van der Waals surface area contributed by atoms with E-state index in [-0.39, 0.29) is 11.3 Å². The number of carbonyl (C=O) groups excluding carboxylic acids is 1. The maximum absolute atomic E-state index is 11.5. The monoisotopic (exact) mass is 302 g/mol. The Balaban J connectivity index is 3.41. The van der Waals surface area contributed by atoms with Crippen molar-refractivity contribution >= 4 is 28.3 Å². The molecule has 0 bridgehead atoms. The van der Waals surface area contributed by atoms with Gasteiger partial charge in [-0.25, -0.2) is 14.4 Å². The quantitative estimate of drug-likeness (QED) is 0.158. The number of carboxylic acids is 1. The predicted molar refractivity (Wildman–Crippen MR) is 65.0 cm³/mol. The van der Waals surface area contributed by atoms with Crippen molar-refractivity contribution in [3.05, 3.63) is 28.8 Å². The third kappa shape index (κ3) is 3.95. The van der Waals surface area contributed by atoms with Gasteiger partial charge in [-0.1, -0.05) is 5.04 Å². The van der Waals surface area contributed by atoms with Gasteiger partial charge in [0.15, 0.2) is 5.69 Å². The first-order valence-electron chi connectivity index (χ1n) is 5.08. The van der Waals surface area contributed by atoms with Crippen LogP contribution in [-0.2, 0) is 29.3 Å². The fourth-order valence-corrected chi connectivity index (χ4v) is 1.53. The van der Waals surface area contributed by atoms with Gasteiger partial charge in [0.1, 0.15) is 5.11 Å². The average Bonchev–Trinajstić information content (AvgIpc) is 2.39. The van der Waals surface area contributed by atoms with E-state index in [1.165, 1.54) is 12.1 Å². The summed E-state index contributed by atoms with van der Waals surface area (Å²) in [7, 11) is -2.44. The van der Waals surface area contributed by atoms with Gasteiger partial charge >= 0.3 is 5.97 Å². The van der Waals surface area contributed by atoms with E-state index >= 15 is 0 Å². The Kier molecular flexibility index (Phi) is 5.50. The van der Waals surface area contributed by atoms with Crippen molar-refractivity contribution < 1.29 is 33.5 Å². The number of ketones is 1. The SMILES string of the molecule is Cc1cc(N=[N+]=[S-](=O)OOO)c(C(=O)C(=O)O)cc1C. The summed E-state index contributed by atoms with van der Waals surface area (Å²) >= 11 is 0. The standard InChI is InChI=1S/C10H10N2O7S/c1-5-3-7(9(13)10(14)15)8(4-6(5)2)11-12-20(17)19-18-16/h3-4,16H,1-2H3,(H,14,15). The zero-order valence-corrected chi connectivity index (χ0v) is 11.2. The highest BCUT2D eigenvalue weighted by Gasteiger charge is 2.21. The van der Waals surface area contributed by atoms with Gasteiger partial charge in [0.25, 0.3) is 16.7 Å². The summed E-state index contributed by atoms with van der Waals surface area (Å²) in [6.07, 6.45) is 0. The molecule has 0 heterocycles. The molecule has 9 nitrogen and oxygen atoms in total. The molecule has 0 fully saturated rings. The van der Waals surface area contributed by atoms with Gasteiger partial charge in [0.2, 0.25) is 0 Å². The first-order chi connectivity index (χ1) is 9.36. The first-order valence-corrected chi connectivity index (χ1v) is 6.11. The molecule has 1 rings (SSSR count). The molecular formula is C10H10N2O7S. The van der Waals surface area contributed by atoms with Gasteiger partial charge in [-0.05, 0) is 41.3 Å². The smallest absolute Gasteiger partial charge is 0.377 e. The minimum Gasteiger partial charge on any atom is -0.475 e. The second-order valence-electron chi connectivity index (χ2n) is 3.63. The van der Waals surface area contributed by atoms with Gasteiger partial charge in [-0.15, -0.1) is 0 Å². The van der Waals surface area contributed by atoms with Gasteiger partial charge < -0.3 is 9.32 Å². The van der Waals surface area contributed by atoms with E-state index in [1.807, 2.05) is 0 Å². The third-order valence-electron chi connectivity index (χ3n) is 2.35. The Morgan fingerprint density at radius 3 is 2.45 bits per heavy atom. The summed E-state index contributed by atoms with van der Waals surface area (Å²) in [5.74, 6) is -2.83. The van der Waals surface area contributed by atoms with E-state index in [9.17, 15) is 13.8 Å². The summed E-state index contributed by atoms with van der Waals surface area (Å²) in [5.41, 5.74) is 1.12. The van der Waals surface area contributed by atoms with Gasteiger partial charge in [0.05, 0.1) is 5.56 Å². The molecule has 0 saturated heterocycles. The van der Waals surface area contributed by atoms with Crippen LogP contribution in [0.1, 0.15) is 21.5 Å². The Morgan fingerprint density at radius 1 is 1.30 bits per heavy atom. The van der Waals surface area contributed by atoms with Gasteiger partial charge in [0, 0.05) is 0 Å². The molecule has 0 aliphatic carbocycles. The van der Waals surface area contributed by atoms with E-state index in [4.69, 9.17) is 10.4 Å². The lowest BCUT2D eigenvalue weighted by Gasteiger charge is -2.03. The molecule has 2 N–H and O–H groups in total. The molecule has 0 saturated carbocycles. The zero-order chi connectivity index (χ0) is 15.3. The minimum atomic E-state index is -2.44.